The van der Waals surface area contributed by atoms with Crippen LogP contribution in [-0.4, -0.2) is 73.0 Å². The number of nitrogens with zero attached hydrogens (tertiary/aromatic N) is 3. The summed E-state index contributed by atoms with van der Waals surface area (Å²) in [6.45, 7) is 3.62. The van der Waals surface area contributed by atoms with E-state index in [9.17, 15) is 14.4 Å². The van der Waals surface area contributed by atoms with Crippen LogP contribution in [0.5, 0.6) is 0 Å². The number of carbonyl (C=O) groups excluding carboxylic acids is 3. The fourth-order valence-electron chi connectivity index (χ4n) is 2.10. The van der Waals surface area contributed by atoms with Gasteiger partial charge < -0.3 is 15.1 Å². The zero-order chi connectivity index (χ0) is 17.1. The average Bonchev–Trinajstić information content (AvgIpc) is 2.95. The van der Waals surface area contributed by atoms with Crippen molar-refractivity contribution in [2.24, 2.45) is 0 Å². The SMILES string of the molecule is CCNC(=O)c1nc2c(s1)C(=O)C=C(N(C)CCN(C)C)C2=O. The predicted octanol–water partition coefficient (Wildman–Crippen LogP) is 0.649. The summed E-state index contributed by atoms with van der Waals surface area (Å²) in [6, 6.07) is 0. The van der Waals surface area contributed by atoms with Gasteiger partial charge in [-0.1, -0.05) is 0 Å². The first-order chi connectivity index (χ1) is 10.8. The Morgan fingerprint density at radius 1 is 1.26 bits per heavy atom. The van der Waals surface area contributed by atoms with Crippen LogP contribution in [0.25, 0.3) is 0 Å². The molecule has 8 heteroatoms. The van der Waals surface area contributed by atoms with E-state index in [2.05, 4.69) is 10.3 Å². The van der Waals surface area contributed by atoms with E-state index < -0.39 is 0 Å². The average molecular weight is 336 g/mol. The van der Waals surface area contributed by atoms with Crippen LogP contribution in [0, 0.1) is 0 Å². The van der Waals surface area contributed by atoms with Crippen LogP contribution in [0.2, 0.25) is 0 Å². The molecule has 0 unspecified atom stereocenters. The smallest absolute Gasteiger partial charge is 0.280 e. The molecule has 23 heavy (non-hydrogen) atoms. The molecule has 0 atom stereocenters. The minimum Gasteiger partial charge on any atom is -0.370 e. The summed E-state index contributed by atoms with van der Waals surface area (Å²) in [7, 11) is 5.64. The van der Waals surface area contributed by atoms with Crippen molar-refractivity contribution in [1.29, 1.82) is 0 Å². The Kier molecular flexibility index (Phi) is 5.27. The summed E-state index contributed by atoms with van der Waals surface area (Å²) in [5.41, 5.74) is 0.396. The van der Waals surface area contributed by atoms with E-state index in [0.29, 0.717) is 18.8 Å². The number of hydrogen-bond acceptors (Lipinski definition) is 7. The molecule has 0 bridgehead atoms. The molecule has 0 fully saturated rings. The van der Waals surface area contributed by atoms with Gasteiger partial charge in [0.2, 0.25) is 5.78 Å². The van der Waals surface area contributed by atoms with Gasteiger partial charge in [-0.2, -0.15) is 0 Å². The van der Waals surface area contributed by atoms with Crippen molar-refractivity contribution >= 4 is 28.8 Å². The van der Waals surface area contributed by atoms with E-state index in [-0.39, 0.29) is 33.1 Å². The van der Waals surface area contributed by atoms with Crippen LogP contribution in [0.1, 0.15) is 36.9 Å². The van der Waals surface area contributed by atoms with E-state index in [1.54, 1.807) is 18.9 Å². The number of thiazole rings is 1. The summed E-state index contributed by atoms with van der Waals surface area (Å²) in [5, 5.41) is 2.76. The van der Waals surface area contributed by atoms with Crippen LogP contribution in [0.15, 0.2) is 11.8 Å². The molecule has 1 aliphatic rings. The van der Waals surface area contributed by atoms with Crippen molar-refractivity contribution in [3.8, 4) is 0 Å². The number of aromatic nitrogens is 1. The summed E-state index contributed by atoms with van der Waals surface area (Å²) in [4.78, 5) is 44.7. The zero-order valence-corrected chi connectivity index (χ0v) is 14.5. The maximum Gasteiger partial charge on any atom is 0.280 e. The number of allylic oxidation sites excluding steroid dienone is 2. The molecule has 1 aromatic heterocycles. The molecule has 124 valence electrons. The second kappa shape index (κ2) is 7.01. The highest BCUT2D eigenvalue weighted by atomic mass is 32.1. The number of likely N-dealkylation sites (N-methyl/N-ethyl adjacent to an activating group) is 2. The van der Waals surface area contributed by atoms with E-state index in [4.69, 9.17) is 0 Å². The standard InChI is InChI=1S/C15H20N4O3S/c1-5-16-14(22)15-17-11-12(21)9(8-10(20)13(11)23-15)19(4)7-6-18(2)3/h8H,5-7H2,1-4H3,(H,16,22). The quantitative estimate of drug-likeness (QED) is 0.821. The van der Waals surface area contributed by atoms with Crippen molar-refractivity contribution < 1.29 is 14.4 Å². The van der Waals surface area contributed by atoms with Gasteiger partial charge >= 0.3 is 0 Å². The van der Waals surface area contributed by atoms with Gasteiger partial charge in [0.15, 0.2) is 10.8 Å². The van der Waals surface area contributed by atoms with Gasteiger partial charge in [-0.05, 0) is 21.0 Å². The van der Waals surface area contributed by atoms with Gasteiger partial charge in [-0.15, -0.1) is 11.3 Å². The minimum absolute atomic E-state index is 0.0791. The summed E-state index contributed by atoms with van der Waals surface area (Å²) in [6.07, 6.45) is 1.33. The molecule has 1 aromatic rings. The summed E-state index contributed by atoms with van der Waals surface area (Å²) >= 11 is 0.962. The fraction of sp³-hybridized carbons (Fsp3) is 0.467. The Hall–Kier alpha value is -2.06. The molecule has 1 N–H and O–H groups in total. The summed E-state index contributed by atoms with van der Waals surface area (Å²) < 4.78 is 0. The van der Waals surface area contributed by atoms with E-state index in [0.717, 1.165) is 17.9 Å². The fourth-order valence-corrected chi connectivity index (χ4v) is 2.99. The summed E-state index contributed by atoms with van der Waals surface area (Å²) in [5.74, 6) is -0.956. The van der Waals surface area contributed by atoms with Crippen LogP contribution in [-0.2, 0) is 0 Å². The molecule has 1 amide bonds. The molecule has 2 rings (SSSR count). The number of amides is 1. The van der Waals surface area contributed by atoms with Crippen molar-refractivity contribution in [1.82, 2.24) is 20.1 Å². The number of hydrogen-bond donors (Lipinski definition) is 1. The first-order valence-electron chi connectivity index (χ1n) is 7.30. The Balaban J connectivity index is 2.25. The maximum absolute atomic E-state index is 12.6. The van der Waals surface area contributed by atoms with Crippen LogP contribution in [0.3, 0.4) is 0 Å². The Morgan fingerprint density at radius 2 is 1.96 bits per heavy atom. The third kappa shape index (κ3) is 3.65. The van der Waals surface area contributed by atoms with Gasteiger partial charge in [0.05, 0.1) is 5.70 Å². The third-order valence-corrected chi connectivity index (χ3v) is 4.46. The highest BCUT2D eigenvalue weighted by molar-refractivity contribution is 7.16. The van der Waals surface area contributed by atoms with Gasteiger partial charge in [0.25, 0.3) is 5.91 Å². The van der Waals surface area contributed by atoms with Gasteiger partial charge in [0, 0.05) is 32.8 Å². The number of Topliss-reactive ketones (excluding diaryl/α,β-unsaturated/α-hetero) is 1. The monoisotopic (exact) mass is 336 g/mol. The molecule has 0 spiro atoms. The molecule has 0 radical (unpaired) electrons. The number of rotatable bonds is 6. The number of carbonyl (C=O) groups is 3. The zero-order valence-electron chi connectivity index (χ0n) is 13.7. The van der Waals surface area contributed by atoms with Crippen LogP contribution < -0.4 is 5.32 Å². The molecular formula is C15H20N4O3S. The first kappa shape index (κ1) is 17.3. The number of nitrogens with one attached hydrogen (secondary N) is 1. The Bertz CT molecular complexity index is 678. The Labute approximate surface area is 139 Å². The minimum atomic E-state index is -0.366. The highest BCUT2D eigenvalue weighted by Crippen LogP contribution is 2.27. The maximum atomic E-state index is 12.6. The van der Waals surface area contributed by atoms with Gasteiger partial charge in [0.1, 0.15) is 10.6 Å². The molecule has 0 aliphatic heterocycles. The highest BCUT2D eigenvalue weighted by Gasteiger charge is 2.32. The Morgan fingerprint density at radius 3 is 2.57 bits per heavy atom. The van der Waals surface area contributed by atoms with E-state index in [1.165, 1.54) is 6.08 Å². The number of ketones is 2. The molecule has 0 aromatic carbocycles. The lowest BCUT2D eigenvalue weighted by atomic mass is 10.0. The van der Waals surface area contributed by atoms with Gasteiger partial charge in [-0.25, -0.2) is 4.98 Å². The topological polar surface area (TPSA) is 82.6 Å². The lowest BCUT2D eigenvalue weighted by molar-refractivity contribution is 0.0948. The molecule has 1 heterocycles. The van der Waals surface area contributed by atoms with Crippen LogP contribution in [0.4, 0.5) is 0 Å². The lowest BCUT2D eigenvalue weighted by Crippen LogP contribution is -2.33. The van der Waals surface area contributed by atoms with E-state index in [1.807, 2.05) is 19.0 Å². The molecule has 0 saturated carbocycles. The number of fused-ring (bicyclic) bond motifs is 1. The normalized spacial score (nSPS) is 13.9. The van der Waals surface area contributed by atoms with Crippen LogP contribution >= 0.6 is 11.3 Å². The van der Waals surface area contributed by atoms with Gasteiger partial charge in [-0.3, -0.25) is 14.4 Å². The molecule has 0 saturated heterocycles. The van der Waals surface area contributed by atoms with E-state index >= 15 is 0 Å². The predicted molar refractivity (Wildman–Crippen MR) is 88.0 cm³/mol. The van der Waals surface area contributed by atoms with Crippen molar-refractivity contribution in [3.05, 3.63) is 27.4 Å². The second-order valence-electron chi connectivity index (χ2n) is 5.50. The third-order valence-electron chi connectivity index (χ3n) is 3.39. The lowest BCUT2D eigenvalue weighted by Gasteiger charge is -2.24. The molecule has 1 aliphatic carbocycles. The van der Waals surface area contributed by atoms with Crippen molar-refractivity contribution in [2.45, 2.75) is 6.92 Å². The second-order valence-corrected chi connectivity index (χ2v) is 6.50. The van der Waals surface area contributed by atoms with Crippen molar-refractivity contribution in [3.63, 3.8) is 0 Å². The molecule has 7 nitrogen and oxygen atoms in total. The first-order valence-corrected chi connectivity index (χ1v) is 8.12. The molecular weight excluding hydrogens is 316 g/mol. The largest absolute Gasteiger partial charge is 0.370 e. The van der Waals surface area contributed by atoms with Crippen molar-refractivity contribution in [2.75, 3.05) is 40.8 Å².